The van der Waals surface area contributed by atoms with Crippen LogP contribution in [0.25, 0.3) is 0 Å². The predicted octanol–water partition coefficient (Wildman–Crippen LogP) is 0.951. The zero-order valence-electron chi connectivity index (χ0n) is 10.8. The second kappa shape index (κ2) is 5.55. The first-order valence-electron chi connectivity index (χ1n) is 6.37. The van der Waals surface area contributed by atoms with Gasteiger partial charge in [0.25, 0.3) is 10.0 Å². The van der Waals surface area contributed by atoms with Crippen LogP contribution in [0.2, 0.25) is 0 Å². The summed E-state index contributed by atoms with van der Waals surface area (Å²) in [4.78, 5) is 10.7. The molecule has 7 nitrogen and oxygen atoms in total. The number of hydrogen-bond acceptors (Lipinski definition) is 5. The van der Waals surface area contributed by atoms with Crippen LogP contribution in [-0.4, -0.2) is 36.7 Å². The number of carbonyl (C=O) groups is 1. The van der Waals surface area contributed by atoms with E-state index in [9.17, 15) is 18.3 Å². The Labute approximate surface area is 116 Å². The van der Waals surface area contributed by atoms with Crippen molar-refractivity contribution in [1.82, 2.24) is 4.72 Å². The number of aromatic carboxylic acids is 1. The Bertz CT molecular complexity index is 585. The van der Waals surface area contributed by atoms with Crippen molar-refractivity contribution in [2.45, 2.75) is 42.7 Å². The van der Waals surface area contributed by atoms with E-state index in [0.29, 0.717) is 12.8 Å². The van der Waals surface area contributed by atoms with Gasteiger partial charge in [0.1, 0.15) is 0 Å². The molecule has 0 bridgehead atoms. The first kappa shape index (κ1) is 15.0. The number of sulfonamides is 1. The van der Waals surface area contributed by atoms with Crippen molar-refractivity contribution in [3.8, 4) is 0 Å². The van der Waals surface area contributed by atoms with E-state index < -0.39 is 32.4 Å². The molecule has 1 aromatic heterocycles. The topological polar surface area (TPSA) is 117 Å². The summed E-state index contributed by atoms with van der Waals surface area (Å²) in [6.45, 7) is -0.293. The highest BCUT2D eigenvalue weighted by molar-refractivity contribution is 7.89. The Morgan fingerprint density at radius 3 is 2.45 bits per heavy atom. The summed E-state index contributed by atoms with van der Waals surface area (Å²) in [5.41, 5.74) is -0.882. The number of aliphatic hydroxyl groups excluding tert-OH is 1. The second-order valence-corrected chi connectivity index (χ2v) is 6.64. The lowest BCUT2D eigenvalue weighted by Gasteiger charge is -2.35. The fourth-order valence-corrected chi connectivity index (χ4v) is 3.82. The minimum Gasteiger partial charge on any atom is -0.475 e. The quantitative estimate of drug-likeness (QED) is 0.745. The van der Waals surface area contributed by atoms with Crippen LogP contribution < -0.4 is 4.72 Å². The minimum absolute atomic E-state index is 0.293. The Kier molecular flexibility index (Phi) is 4.17. The summed E-state index contributed by atoms with van der Waals surface area (Å²) in [6, 6.07) is 2.18. The molecule has 0 radical (unpaired) electrons. The lowest BCUT2D eigenvalue weighted by molar-refractivity contribution is 0.0656. The van der Waals surface area contributed by atoms with E-state index in [4.69, 9.17) is 9.52 Å². The number of hydrogen-bond donors (Lipinski definition) is 3. The van der Waals surface area contributed by atoms with Crippen LogP contribution in [0.5, 0.6) is 0 Å². The van der Waals surface area contributed by atoms with Crippen molar-refractivity contribution in [3.63, 3.8) is 0 Å². The summed E-state index contributed by atoms with van der Waals surface area (Å²) in [6.07, 6.45) is 3.78. The molecule has 2 rings (SSSR count). The maximum Gasteiger partial charge on any atom is 0.371 e. The molecule has 0 spiro atoms. The number of aliphatic hydroxyl groups is 1. The third kappa shape index (κ3) is 3.02. The number of carboxylic acid groups (broad SMARTS) is 1. The van der Waals surface area contributed by atoms with Crippen LogP contribution in [-0.2, 0) is 10.0 Å². The third-order valence-corrected chi connectivity index (χ3v) is 4.97. The molecule has 20 heavy (non-hydrogen) atoms. The summed E-state index contributed by atoms with van der Waals surface area (Å²) in [7, 11) is -3.98. The van der Waals surface area contributed by atoms with E-state index in [1.165, 1.54) is 0 Å². The van der Waals surface area contributed by atoms with E-state index in [2.05, 4.69) is 4.72 Å². The van der Waals surface area contributed by atoms with Gasteiger partial charge >= 0.3 is 5.97 Å². The molecule has 112 valence electrons. The van der Waals surface area contributed by atoms with Crippen LogP contribution in [0.4, 0.5) is 0 Å². The fraction of sp³-hybridized carbons (Fsp3) is 0.583. The number of rotatable bonds is 5. The van der Waals surface area contributed by atoms with Gasteiger partial charge in [0.2, 0.25) is 10.9 Å². The summed E-state index contributed by atoms with van der Waals surface area (Å²) in [5.74, 6) is -1.77. The molecule has 0 aromatic carbocycles. The van der Waals surface area contributed by atoms with Gasteiger partial charge in [0.05, 0.1) is 12.1 Å². The largest absolute Gasteiger partial charge is 0.475 e. The molecule has 0 saturated heterocycles. The highest BCUT2D eigenvalue weighted by Crippen LogP contribution is 2.29. The van der Waals surface area contributed by atoms with Crippen LogP contribution >= 0.6 is 0 Å². The van der Waals surface area contributed by atoms with Gasteiger partial charge in [-0.3, -0.25) is 0 Å². The molecule has 0 amide bonds. The molecule has 0 atom stereocenters. The Morgan fingerprint density at radius 2 is 1.95 bits per heavy atom. The van der Waals surface area contributed by atoms with E-state index in [-0.39, 0.29) is 6.61 Å². The van der Waals surface area contributed by atoms with Gasteiger partial charge in [-0.1, -0.05) is 19.3 Å². The molecule has 3 N–H and O–H groups in total. The lowest BCUT2D eigenvalue weighted by atomic mass is 9.83. The minimum atomic E-state index is -3.98. The molecular weight excluding hydrogens is 286 g/mol. The van der Waals surface area contributed by atoms with Crippen molar-refractivity contribution in [2.75, 3.05) is 6.61 Å². The van der Waals surface area contributed by atoms with Gasteiger partial charge in [0, 0.05) is 0 Å². The zero-order chi connectivity index (χ0) is 14.8. The first-order valence-corrected chi connectivity index (χ1v) is 7.85. The highest BCUT2D eigenvalue weighted by atomic mass is 32.2. The summed E-state index contributed by atoms with van der Waals surface area (Å²) < 4.78 is 31.7. The fourth-order valence-electron chi connectivity index (χ4n) is 2.44. The molecule has 1 aromatic rings. The van der Waals surface area contributed by atoms with E-state index in [1.807, 2.05) is 0 Å². The average molecular weight is 303 g/mol. The molecular formula is C12H17NO6S. The number of nitrogens with one attached hydrogen (secondary N) is 1. The smallest absolute Gasteiger partial charge is 0.371 e. The van der Waals surface area contributed by atoms with E-state index >= 15 is 0 Å². The van der Waals surface area contributed by atoms with Crippen molar-refractivity contribution >= 4 is 16.0 Å². The Morgan fingerprint density at radius 1 is 1.30 bits per heavy atom. The van der Waals surface area contributed by atoms with E-state index in [0.717, 1.165) is 31.4 Å². The molecule has 8 heteroatoms. The molecule has 1 fully saturated rings. The van der Waals surface area contributed by atoms with Crippen LogP contribution in [0.1, 0.15) is 42.7 Å². The SMILES string of the molecule is O=C(O)c1ccc(S(=O)(=O)NC2(CO)CCCCC2)o1. The summed E-state index contributed by atoms with van der Waals surface area (Å²) >= 11 is 0. The van der Waals surface area contributed by atoms with Crippen molar-refractivity contribution < 1.29 is 27.8 Å². The number of furan rings is 1. The third-order valence-electron chi connectivity index (χ3n) is 3.52. The van der Waals surface area contributed by atoms with Crippen molar-refractivity contribution in [3.05, 3.63) is 17.9 Å². The van der Waals surface area contributed by atoms with Crippen LogP contribution in [0.3, 0.4) is 0 Å². The van der Waals surface area contributed by atoms with Gasteiger partial charge in [-0.05, 0) is 25.0 Å². The molecule has 1 aliphatic carbocycles. The van der Waals surface area contributed by atoms with Gasteiger partial charge in [0.15, 0.2) is 0 Å². The van der Waals surface area contributed by atoms with Gasteiger partial charge < -0.3 is 14.6 Å². The second-order valence-electron chi connectivity index (χ2n) is 5.03. The normalized spacial score (nSPS) is 18.9. The lowest BCUT2D eigenvalue weighted by Crippen LogP contribution is -2.52. The first-order chi connectivity index (χ1) is 9.38. The molecule has 1 aliphatic rings. The monoisotopic (exact) mass is 303 g/mol. The predicted molar refractivity (Wildman–Crippen MR) is 68.9 cm³/mol. The molecule has 0 unspecified atom stereocenters. The maximum absolute atomic E-state index is 12.2. The molecule has 1 saturated carbocycles. The summed E-state index contributed by atoms with van der Waals surface area (Å²) in [5, 5.41) is 17.8. The zero-order valence-corrected chi connectivity index (χ0v) is 11.6. The van der Waals surface area contributed by atoms with Crippen molar-refractivity contribution in [2.24, 2.45) is 0 Å². The van der Waals surface area contributed by atoms with Crippen molar-refractivity contribution in [1.29, 1.82) is 0 Å². The van der Waals surface area contributed by atoms with Gasteiger partial charge in [-0.2, -0.15) is 0 Å². The maximum atomic E-state index is 12.2. The highest BCUT2D eigenvalue weighted by Gasteiger charge is 2.37. The van der Waals surface area contributed by atoms with E-state index in [1.54, 1.807) is 0 Å². The van der Waals surface area contributed by atoms with Gasteiger partial charge in [-0.25, -0.2) is 17.9 Å². The molecule has 1 heterocycles. The Hall–Kier alpha value is -1.38. The van der Waals surface area contributed by atoms with Gasteiger partial charge in [-0.15, -0.1) is 0 Å². The standard InChI is InChI=1S/C12H17NO6S/c14-8-12(6-2-1-3-7-12)13-20(17,18)10-5-4-9(19-10)11(15)16/h4-5,13-14H,1-3,6-8H2,(H,15,16). The number of carboxylic acids is 1. The van der Waals surface area contributed by atoms with Crippen LogP contribution in [0, 0.1) is 0 Å². The molecule has 0 aliphatic heterocycles. The average Bonchev–Trinajstić information content (AvgIpc) is 2.90. The Balaban J connectivity index is 2.23. The van der Waals surface area contributed by atoms with Crippen LogP contribution in [0.15, 0.2) is 21.6 Å².